The summed E-state index contributed by atoms with van der Waals surface area (Å²) < 4.78 is 2.01. The third-order valence-corrected chi connectivity index (χ3v) is 5.41. The number of aryl methyl sites for hydroxylation is 1. The molecule has 6 heteroatoms. The summed E-state index contributed by atoms with van der Waals surface area (Å²) in [4.78, 5) is 17.6. The van der Waals surface area contributed by atoms with E-state index in [4.69, 9.17) is 16.6 Å². The molecule has 0 saturated carbocycles. The van der Waals surface area contributed by atoms with Crippen molar-refractivity contribution < 1.29 is 4.79 Å². The van der Waals surface area contributed by atoms with E-state index in [1.54, 1.807) is 6.07 Å². The number of carbonyl (C=O) groups excluding carboxylic acids is 1. The summed E-state index contributed by atoms with van der Waals surface area (Å²) in [7, 11) is 1.96. The molecule has 146 valence electrons. The Hall–Kier alpha value is -3.31. The van der Waals surface area contributed by atoms with Crippen LogP contribution < -0.4 is 10.6 Å². The van der Waals surface area contributed by atoms with Crippen LogP contribution in [0.25, 0.3) is 11.0 Å². The van der Waals surface area contributed by atoms with Crippen LogP contribution in [0.1, 0.15) is 23.0 Å². The molecule has 3 aromatic carbocycles. The van der Waals surface area contributed by atoms with Gasteiger partial charge in [0.2, 0.25) is 0 Å². The van der Waals surface area contributed by atoms with E-state index in [-0.39, 0.29) is 6.03 Å². The topological polar surface area (TPSA) is 59.0 Å². The molecule has 0 saturated heterocycles. The van der Waals surface area contributed by atoms with Crippen molar-refractivity contribution in [3.63, 3.8) is 0 Å². The van der Waals surface area contributed by atoms with Gasteiger partial charge in [-0.15, -0.1) is 0 Å². The zero-order chi connectivity index (χ0) is 20.4. The van der Waals surface area contributed by atoms with Crippen LogP contribution in [-0.2, 0) is 7.05 Å². The second-order valence-electron chi connectivity index (χ2n) is 6.87. The average molecular weight is 405 g/mol. The molecule has 0 radical (unpaired) electrons. The molecule has 0 bridgehead atoms. The van der Waals surface area contributed by atoms with E-state index in [1.165, 1.54) is 0 Å². The highest BCUT2D eigenvalue weighted by Crippen LogP contribution is 2.26. The number of halogens is 1. The first-order valence-corrected chi connectivity index (χ1v) is 9.71. The molecule has 2 amide bonds. The molecule has 0 aliphatic heterocycles. The average Bonchev–Trinajstić information content (AvgIpc) is 3.07. The highest BCUT2D eigenvalue weighted by Gasteiger charge is 2.23. The Morgan fingerprint density at radius 1 is 1.00 bits per heavy atom. The van der Waals surface area contributed by atoms with E-state index in [9.17, 15) is 4.79 Å². The number of hydrogen-bond acceptors (Lipinski definition) is 2. The lowest BCUT2D eigenvalue weighted by Crippen LogP contribution is -2.34. The van der Waals surface area contributed by atoms with Gasteiger partial charge in [0, 0.05) is 17.8 Å². The van der Waals surface area contributed by atoms with Gasteiger partial charge >= 0.3 is 6.03 Å². The fourth-order valence-electron chi connectivity index (χ4n) is 3.40. The maximum absolute atomic E-state index is 12.9. The van der Waals surface area contributed by atoms with Gasteiger partial charge in [0.15, 0.2) is 0 Å². The van der Waals surface area contributed by atoms with Crippen LogP contribution in [-0.4, -0.2) is 15.6 Å². The molecule has 0 spiro atoms. The van der Waals surface area contributed by atoms with Gasteiger partial charge in [-0.3, -0.25) is 0 Å². The number of imidazole rings is 1. The predicted octanol–water partition coefficient (Wildman–Crippen LogP) is 5.45. The minimum Gasteiger partial charge on any atom is -0.329 e. The lowest BCUT2D eigenvalue weighted by molar-refractivity contribution is 0.249. The normalized spacial score (nSPS) is 12.0. The molecular formula is C23H21ClN4O. The molecule has 2 N–H and O–H groups in total. The molecule has 1 heterocycles. The van der Waals surface area contributed by atoms with Gasteiger partial charge < -0.3 is 15.2 Å². The Morgan fingerprint density at radius 2 is 1.72 bits per heavy atom. The molecule has 1 unspecified atom stereocenters. The van der Waals surface area contributed by atoms with E-state index < -0.39 is 6.04 Å². The number of hydrogen-bond donors (Lipinski definition) is 2. The van der Waals surface area contributed by atoms with Crippen molar-refractivity contribution in [2.45, 2.75) is 13.0 Å². The number of urea groups is 1. The van der Waals surface area contributed by atoms with E-state index in [0.717, 1.165) is 28.0 Å². The fraction of sp³-hybridized carbons (Fsp3) is 0.130. The Labute approximate surface area is 174 Å². The third-order valence-electron chi connectivity index (χ3n) is 5.00. The van der Waals surface area contributed by atoms with Gasteiger partial charge in [0.25, 0.3) is 0 Å². The second-order valence-corrected chi connectivity index (χ2v) is 7.28. The Bertz CT molecular complexity index is 1170. The molecule has 0 aliphatic carbocycles. The number of carbonyl (C=O) groups is 1. The van der Waals surface area contributed by atoms with E-state index >= 15 is 0 Å². The highest BCUT2D eigenvalue weighted by atomic mass is 35.5. The van der Waals surface area contributed by atoms with E-state index in [2.05, 4.69) is 10.6 Å². The Kier molecular flexibility index (Phi) is 5.23. The quantitative estimate of drug-likeness (QED) is 0.475. The van der Waals surface area contributed by atoms with Crippen molar-refractivity contribution in [1.29, 1.82) is 0 Å². The van der Waals surface area contributed by atoms with Crippen molar-refractivity contribution in [2.75, 3.05) is 5.32 Å². The standard InChI is InChI=1S/C23H21ClN4O/c1-15-17(24)11-8-13-18(15)26-23(29)27-21(16-9-4-3-5-10-16)22-25-19-12-6-7-14-20(19)28(22)2/h3-14,21H,1-2H3,(H2,26,27,29). The van der Waals surface area contributed by atoms with Crippen LogP contribution in [0.2, 0.25) is 5.02 Å². The lowest BCUT2D eigenvalue weighted by Gasteiger charge is -2.20. The fourth-order valence-corrected chi connectivity index (χ4v) is 3.57. The van der Waals surface area contributed by atoms with Crippen LogP contribution in [0.15, 0.2) is 72.8 Å². The van der Waals surface area contributed by atoms with Crippen LogP contribution in [0, 0.1) is 6.92 Å². The Balaban J connectivity index is 1.69. The summed E-state index contributed by atoms with van der Waals surface area (Å²) >= 11 is 6.18. The second kappa shape index (κ2) is 7.97. The smallest absolute Gasteiger partial charge is 0.320 e. The van der Waals surface area contributed by atoms with Crippen LogP contribution in [0.5, 0.6) is 0 Å². The van der Waals surface area contributed by atoms with Crippen molar-refractivity contribution in [2.24, 2.45) is 7.05 Å². The largest absolute Gasteiger partial charge is 0.329 e. The number of nitrogens with one attached hydrogen (secondary N) is 2. The zero-order valence-electron chi connectivity index (χ0n) is 16.2. The number of benzene rings is 3. The number of para-hydroxylation sites is 2. The summed E-state index contributed by atoms with van der Waals surface area (Å²) in [5.74, 6) is 0.760. The van der Waals surface area contributed by atoms with Gasteiger partial charge in [-0.25, -0.2) is 9.78 Å². The Morgan fingerprint density at radius 3 is 2.48 bits per heavy atom. The summed E-state index contributed by atoms with van der Waals surface area (Å²) in [6.45, 7) is 1.87. The summed E-state index contributed by atoms with van der Waals surface area (Å²) in [6, 6.07) is 22.4. The molecule has 4 aromatic rings. The number of aromatic nitrogens is 2. The first-order valence-electron chi connectivity index (χ1n) is 9.33. The molecule has 5 nitrogen and oxygen atoms in total. The number of nitrogens with zero attached hydrogens (tertiary/aromatic N) is 2. The number of amides is 2. The minimum atomic E-state index is -0.409. The van der Waals surface area contributed by atoms with Gasteiger partial charge in [0.05, 0.1) is 11.0 Å². The third kappa shape index (κ3) is 3.82. The minimum absolute atomic E-state index is 0.323. The first-order chi connectivity index (χ1) is 14.0. The van der Waals surface area contributed by atoms with Gasteiger partial charge in [-0.05, 0) is 42.3 Å². The summed E-state index contributed by atoms with van der Waals surface area (Å²) in [6.07, 6.45) is 0. The van der Waals surface area contributed by atoms with Crippen molar-refractivity contribution in [3.05, 3.63) is 94.8 Å². The van der Waals surface area contributed by atoms with Crippen LogP contribution >= 0.6 is 11.6 Å². The molecule has 1 aromatic heterocycles. The molecule has 4 rings (SSSR count). The summed E-state index contributed by atoms with van der Waals surface area (Å²) in [5.41, 5.74) is 4.34. The molecular weight excluding hydrogens is 384 g/mol. The van der Waals surface area contributed by atoms with Crippen LogP contribution in [0.4, 0.5) is 10.5 Å². The predicted molar refractivity (Wildman–Crippen MR) is 117 cm³/mol. The van der Waals surface area contributed by atoms with Gasteiger partial charge in [-0.2, -0.15) is 0 Å². The molecule has 0 fully saturated rings. The SMILES string of the molecule is Cc1c(Cl)cccc1NC(=O)NC(c1ccccc1)c1nc2ccccc2n1C. The number of anilines is 1. The molecule has 29 heavy (non-hydrogen) atoms. The van der Waals surface area contributed by atoms with Crippen LogP contribution in [0.3, 0.4) is 0 Å². The number of fused-ring (bicyclic) bond motifs is 1. The van der Waals surface area contributed by atoms with Crippen molar-refractivity contribution >= 4 is 34.4 Å². The monoisotopic (exact) mass is 404 g/mol. The first kappa shape index (κ1) is 19.0. The maximum Gasteiger partial charge on any atom is 0.320 e. The number of rotatable bonds is 4. The lowest BCUT2D eigenvalue weighted by atomic mass is 10.1. The summed E-state index contributed by atoms with van der Waals surface area (Å²) in [5, 5.41) is 6.58. The maximum atomic E-state index is 12.9. The van der Waals surface area contributed by atoms with Gasteiger partial charge in [-0.1, -0.05) is 60.1 Å². The van der Waals surface area contributed by atoms with Crippen molar-refractivity contribution in [3.8, 4) is 0 Å². The zero-order valence-corrected chi connectivity index (χ0v) is 16.9. The van der Waals surface area contributed by atoms with Gasteiger partial charge in [0.1, 0.15) is 11.9 Å². The highest BCUT2D eigenvalue weighted by molar-refractivity contribution is 6.31. The van der Waals surface area contributed by atoms with E-state index in [1.807, 2.05) is 85.3 Å². The molecule has 0 aliphatic rings. The van der Waals surface area contributed by atoms with Crippen molar-refractivity contribution in [1.82, 2.24) is 14.9 Å². The molecule has 1 atom stereocenters. The van der Waals surface area contributed by atoms with E-state index in [0.29, 0.717) is 10.7 Å².